The van der Waals surface area contributed by atoms with Crippen molar-refractivity contribution < 1.29 is 13.9 Å². The van der Waals surface area contributed by atoms with E-state index in [4.69, 9.17) is 16.3 Å². The number of anilines is 1. The van der Waals surface area contributed by atoms with Gasteiger partial charge in [0.15, 0.2) is 0 Å². The third kappa shape index (κ3) is 5.64. The Kier molecular flexibility index (Phi) is 7.02. The SMILES string of the molecule is C[C@@H]1CN(Cc2ccccc2)CCC1Oc1cccc(NC(=O)c2ccc(F)cc2Cl)n1. The second kappa shape index (κ2) is 10.1. The molecule has 1 N–H and O–H groups in total. The number of hydrogen-bond donors (Lipinski definition) is 1. The van der Waals surface area contributed by atoms with Gasteiger partial charge in [0.1, 0.15) is 17.7 Å². The van der Waals surface area contributed by atoms with Crippen LogP contribution in [-0.4, -0.2) is 35.0 Å². The molecule has 2 aromatic carbocycles. The Morgan fingerprint density at radius 3 is 2.75 bits per heavy atom. The first-order chi connectivity index (χ1) is 15.5. The Morgan fingerprint density at radius 1 is 1.19 bits per heavy atom. The predicted octanol–water partition coefficient (Wildman–Crippen LogP) is 5.42. The maximum absolute atomic E-state index is 13.2. The van der Waals surface area contributed by atoms with Crippen molar-refractivity contribution in [2.75, 3.05) is 18.4 Å². The van der Waals surface area contributed by atoms with Crippen molar-refractivity contribution >= 4 is 23.3 Å². The van der Waals surface area contributed by atoms with Gasteiger partial charge in [0.25, 0.3) is 5.91 Å². The van der Waals surface area contributed by atoms with Crippen molar-refractivity contribution in [1.29, 1.82) is 0 Å². The lowest BCUT2D eigenvalue weighted by atomic mass is 9.96. The van der Waals surface area contributed by atoms with E-state index in [0.29, 0.717) is 17.6 Å². The molecule has 0 aliphatic carbocycles. The highest BCUT2D eigenvalue weighted by Crippen LogP contribution is 2.24. The Morgan fingerprint density at radius 2 is 2.00 bits per heavy atom. The van der Waals surface area contributed by atoms with E-state index >= 15 is 0 Å². The summed E-state index contributed by atoms with van der Waals surface area (Å²) < 4.78 is 19.4. The molecular formula is C25H25ClFN3O2. The zero-order valence-electron chi connectivity index (χ0n) is 17.8. The molecular weight excluding hydrogens is 429 g/mol. The van der Waals surface area contributed by atoms with E-state index in [1.807, 2.05) is 6.07 Å². The zero-order valence-corrected chi connectivity index (χ0v) is 18.6. The number of halogens is 2. The Hall–Kier alpha value is -2.96. The van der Waals surface area contributed by atoms with Gasteiger partial charge in [-0.2, -0.15) is 4.98 Å². The number of ether oxygens (including phenoxy) is 1. The lowest BCUT2D eigenvalue weighted by Crippen LogP contribution is -2.44. The first kappa shape index (κ1) is 22.2. The molecule has 0 spiro atoms. The number of carbonyl (C=O) groups excluding carboxylic acids is 1. The molecule has 1 aliphatic rings. The number of hydrogen-bond acceptors (Lipinski definition) is 4. The van der Waals surface area contributed by atoms with Crippen LogP contribution in [-0.2, 0) is 6.54 Å². The van der Waals surface area contributed by atoms with Crippen LogP contribution in [0.25, 0.3) is 0 Å². The molecule has 4 rings (SSSR count). The van der Waals surface area contributed by atoms with Gasteiger partial charge < -0.3 is 10.1 Å². The summed E-state index contributed by atoms with van der Waals surface area (Å²) >= 11 is 5.98. The summed E-state index contributed by atoms with van der Waals surface area (Å²) in [5.74, 6) is 0.195. The number of rotatable bonds is 6. The molecule has 1 aromatic heterocycles. The quantitative estimate of drug-likeness (QED) is 0.541. The summed E-state index contributed by atoms with van der Waals surface area (Å²) in [4.78, 5) is 19.3. The standard InChI is InChI=1S/C25H25ClFN3O2/c1-17-15-30(16-18-6-3-2-4-7-18)13-12-22(17)32-24-9-5-8-23(28-24)29-25(31)20-11-10-19(27)14-21(20)26/h2-11,14,17,22H,12-13,15-16H2,1H3,(H,28,29,31)/t17-,22?/m1/s1. The number of amides is 1. The van der Waals surface area contributed by atoms with Gasteiger partial charge in [-0.1, -0.05) is 54.9 Å². The van der Waals surface area contributed by atoms with E-state index in [-0.39, 0.29) is 16.7 Å². The molecule has 7 heteroatoms. The number of pyridine rings is 1. The molecule has 0 bridgehead atoms. The molecule has 1 fully saturated rings. The average molecular weight is 454 g/mol. The lowest BCUT2D eigenvalue weighted by molar-refractivity contribution is 0.0462. The number of aromatic nitrogens is 1. The average Bonchev–Trinajstić information content (AvgIpc) is 2.76. The van der Waals surface area contributed by atoms with Crippen LogP contribution in [0.5, 0.6) is 5.88 Å². The highest BCUT2D eigenvalue weighted by molar-refractivity contribution is 6.34. The molecule has 1 unspecified atom stereocenters. The Balaban J connectivity index is 1.35. The summed E-state index contributed by atoms with van der Waals surface area (Å²) in [6, 6.07) is 19.3. The number of likely N-dealkylation sites (tertiary alicyclic amines) is 1. The van der Waals surface area contributed by atoms with E-state index < -0.39 is 11.7 Å². The molecule has 5 nitrogen and oxygen atoms in total. The van der Waals surface area contributed by atoms with Crippen molar-refractivity contribution in [1.82, 2.24) is 9.88 Å². The van der Waals surface area contributed by atoms with Crippen LogP contribution in [0.2, 0.25) is 5.02 Å². The van der Waals surface area contributed by atoms with E-state index in [0.717, 1.165) is 32.1 Å². The maximum atomic E-state index is 13.2. The molecule has 2 heterocycles. The number of nitrogens with one attached hydrogen (secondary N) is 1. The summed E-state index contributed by atoms with van der Waals surface area (Å²) in [6.07, 6.45) is 0.948. The molecule has 1 aliphatic heterocycles. The molecule has 3 aromatic rings. The van der Waals surface area contributed by atoms with Crippen LogP contribution in [0.1, 0.15) is 29.3 Å². The maximum Gasteiger partial charge on any atom is 0.258 e. The number of benzene rings is 2. The largest absolute Gasteiger partial charge is 0.474 e. The first-order valence-corrected chi connectivity index (χ1v) is 11.0. The van der Waals surface area contributed by atoms with Gasteiger partial charge in [-0.15, -0.1) is 0 Å². The fraction of sp³-hybridized carbons (Fsp3) is 0.280. The fourth-order valence-electron chi connectivity index (χ4n) is 3.93. The molecule has 166 valence electrons. The molecule has 2 atom stereocenters. The van der Waals surface area contributed by atoms with Crippen molar-refractivity contribution in [3.8, 4) is 5.88 Å². The van der Waals surface area contributed by atoms with Gasteiger partial charge in [0.05, 0.1) is 10.6 Å². The lowest BCUT2D eigenvalue weighted by Gasteiger charge is -2.36. The second-order valence-corrected chi connectivity index (χ2v) is 8.49. The van der Waals surface area contributed by atoms with Gasteiger partial charge in [-0.3, -0.25) is 9.69 Å². The van der Waals surface area contributed by atoms with Crippen molar-refractivity contribution in [2.45, 2.75) is 26.0 Å². The van der Waals surface area contributed by atoms with Crippen LogP contribution >= 0.6 is 11.6 Å². The molecule has 1 saturated heterocycles. The van der Waals surface area contributed by atoms with Gasteiger partial charge in [0.2, 0.25) is 5.88 Å². The smallest absolute Gasteiger partial charge is 0.258 e. The molecule has 0 radical (unpaired) electrons. The van der Waals surface area contributed by atoms with Crippen molar-refractivity contribution in [3.05, 3.63) is 88.7 Å². The minimum Gasteiger partial charge on any atom is -0.474 e. The molecule has 1 amide bonds. The van der Waals surface area contributed by atoms with E-state index in [2.05, 4.69) is 46.4 Å². The third-order valence-electron chi connectivity index (χ3n) is 5.57. The molecule has 0 saturated carbocycles. The monoisotopic (exact) mass is 453 g/mol. The number of carbonyl (C=O) groups is 1. The third-order valence-corrected chi connectivity index (χ3v) is 5.89. The number of nitrogens with zero attached hydrogens (tertiary/aromatic N) is 2. The summed E-state index contributed by atoms with van der Waals surface area (Å²) in [5, 5.41) is 2.74. The Labute approximate surface area is 192 Å². The van der Waals surface area contributed by atoms with Crippen molar-refractivity contribution in [3.63, 3.8) is 0 Å². The minimum atomic E-state index is -0.496. The van der Waals surface area contributed by atoms with Gasteiger partial charge >= 0.3 is 0 Å². The minimum absolute atomic E-state index is 0.0472. The first-order valence-electron chi connectivity index (χ1n) is 10.6. The van der Waals surface area contributed by atoms with Crippen LogP contribution in [0.4, 0.5) is 10.2 Å². The summed E-state index contributed by atoms with van der Waals surface area (Å²) in [6.45, 7) is 5.01. The highest BCUT2D eigenvalue weighted by Gasteiger charge is 2.28. The molecule has 32 heavy (non-hydrogen) atoms. The van der Waals surface area contributed by atoms with Crippen molar-refractivity contribution in [2.24, 2.45) is 5.92 Å². The van der Waals surface area contributed by atoms with Crippen LogP contribution in [0.3, 0.4) is 0 Å². The second-order valence-electron chi connectivity index (χ2n) is 8.08. The summed E-state index contributed by atoms with van der Waals surface area (Å²) in [5.41, 5.74) is 1.49. The van der Waals surface area contributed by atoms with Gasteiger partial charge in [0, 0.05) is 31.6 Å². The van der Waals surface area contributed by atoms with E-state index in [1.54, 1.807) is 18.2 Å². The fourth-order valence-corrected chi connectivity index (χ4v) is 4.19. The van der Waals surface area contributed by atoms with Gasteiger partial charge in [-0.05, 0) is 36.2 Å². The topological polar surface area (TPSA) is 54.5 Å². The van der Waals surface area contributed by atoms with Crippen LogP contribution in [0.15, 0.2) is 66.7 Å². The van der Waals surface area contributed by atoms with Crippen LogP contribution in [0, 0.1) is 11.7 Å². The van der Waals surface area contributed by atoms with E-state index in [9.17, 15) is 9.18 Å². The van der Waals surface area contributed by atoms with Gasteiger partial charge in [-0.25, -0.2) is 4.39 Å². The zero-order chi connectivity index (χ0) is 22.5. The van der Waals surface area contributed by atoms with Crippen LogP contribution < -0.4 is 10.1 Å². The summed E-state index contributed by atoms with van der Waals surface area (Å²) in [7, 11) is 0. The number of piperidine rings is 1. The Bertz CT molecular complexity index is 1080. The predicted molar refractivity (Wildman–Crippen MR) is 124 cm³/mol. The normalized spacial score (nSPS) is 18.8. The van der Waals surface area contributed by atoms with E-state index in [1.165, 1.54) is 17.7 Å². The highest BCUT2D eigenvalue weighted by atomic mass is 35.5.